The lowest BCUT2D eigenvalue weighted by Crippen LogP contribution is -2.14. The first-order valence-corrected chi connectivity index (χ1v) is 8.57. The van der Waals surface area contributed by atoms with E-state index in [1.807, 2.05) is 66.7 Å². The van der Waals surface area contributed by atoms with Crippen LogP contribution in [0, 0.1) is 0 Å². The Bertz CT molecular complexity index is 934. The molecule has 1 N–H and O–H groups in total. The number of methoxy groups -OCH3 is 2. The first-order chi connectivity index (χ1) is 13.2. The van der Waals surface area contributed by atoms with Gasteiger partial charge in [0.1, 0.15) is 11.5 Å². The molecule has 0 heterocycles. The minimum Gasteiger partial charge on any atom is -0.497 e. The molecule has 0 aliphatic heterocycles. The highest BCUT2D eigenvalue weighted by atomic mass is 16.5. The zero-order chi connectivity index (χ0) is 19.1. The van der Waals surface area contributed by atoms with E-state index in [9.17, 15) is 4.79 Å². The Labute approximate surface area is 159 Å². The molecule has 0 aliphatic rings. The van der Waals surface area contributed by atoms with Crippen molar-refractivity contribution in [2.24, 2.45) is 0 Å². The number of amides is 1. The molecule has 0 unspecified atom stereocenters. The topological polar surface area (TPSA) is 47.6 Å². The number of benzene rings is 3. The van der Waals surface area contributed by atoms with Crippen molar-refractivity contribution in [3.05, 3.63) is 90.0 Å². The summed E-state index contributed by atoms with van der Waals surface area (Å²) in [4.78, 5) is 13.1. The Morgan fingerprint density at radius 1 is 0.852 bits per heavy atom. The van der Waals surface area contributed by atoms with E-state index in [2.05, 4.69) is 5.32 Å². The van der Waals surface area contributed by atoms with Gasteiger partial charge in [0, 0.05) is 11.6 Å². The van der Waals surface area contributed by atoms with Crippen LogP contribution in [-0.2, 0) is 4.79 Å². The lowest BCUT2D eigenvalue weighted by atomic mass is 10.0. The second-order valence-electron chi connectivity index (χ2n) is 5.86. The number of anilines is 1. The van der Waals surface area contributed by atoms with Crippen molar-refractivity contribution in [2.45, 2.75) is 0 Å². The summed E-state index contributed by atoms with van der Waals surface area (Å²) in [7, 11) is 3.15. The molecule has 0 saturated carbocycles. The van der Waals surface area contributed by atoms with E-state index in [-0.39, 0.29) is 5.91 Å². The molecule has 4 nitrogen and oxygen atoms in total. The molecule has 0 aliphatic carbocycles. The summed E-state index contributed by atoms with van der Waals surface area (Å²) in [5.41, 5.74) is 2.90. The summed E-state index contributed by atoms with van der Waals surface area (Å²) in [5, 5.41) is 2.94. The van der Waals surface area contributed by atoms with Gasteiger partial charge in [-0.1, -0.05) is 60.7 Å². The third-order valence-electron chi connectivity index (χ3n) is 4.09. The van der Waals surface area contributed by atoms with Gasteiger partial charge in [-0.05, 0) is 29.3 Å². The average molecular weight is 359 g/mol. The maximum Gasteiger partial charge on any atom is 0.256 e. The van der Waals surface area contributed by atoms with Crippen LogP contribution in [0.4, 0.5) is 5.69 Å². The van der Waals surface area contributed by atoms with Crippen LogP contribution in [0.25, 0.3) is 11.6 Å². The number of carbonyl (C=O) groups excluding carboxylic acids is 1. The minimum absolute atomic E-state index is 0.225. The van der Waals surface area contributed by atoms with Crippen molar-refractivity contribution in [1.29, 1.82) is 0 Å². The van der Waals surface area contributed by atoms with Gasteiger partial charge >= 0.3 is 0 Å². The molecule has 3 aromatic rings. The molecule has 1 amide bonds. The molecule has 0 saturated heterocycles. The molecule has 3 rings (SSSR count). The molecule has 0 fully saturated rings. The lowest BCUT2D eigenvalue weighted by molar-refractivity contribution is -0.111. The summed E-state index contributed by atoms with van der Waals surface area (Å²) in [6.45, 7) is 0. The normalized spacial score (nSPS) is 11.0. The Morgan fingerprint density at radius 3 is 2.15 bits per heavy atom. The molecule has 0 atom stereocenters. The molecule has 3 aromatic carbocycles. The van der Waals surface area contributed by atoms with Gasteiger partial charge in [0.25, 0.3) is 5.91 Å². The highest BCUT2D eigenvalue weighted by Crippen LogP contribution is 2.30. The van der Waals surface area contributed by atoms with Crippen LogP contribution >= 0.6 is 0 Å². The molecule has 4 heteroatoms. The van der Waals surface area contributed by atoms with E-state index < -0.39 is 0 Å². The first kappa shape index (κ1) is 18.3. The molecule has 27 heavy (non-hydrogen) atoms. The van der Waals surface area contributed by atoms with Crippen LogP contribution < -0.4 is 14.8 Å². The maximum absolute atomic E-state index is 13.1. The van der Waals surface area contributed by atoms with Crippen molar-refractivity contribution in [2.75, 3.05) is 19.5 Å². The minimum atomic E-state index is -0.225. The monoisotopic (exact) mass is 359 g/mol. The van der Waals surface area contributed by atoms with Gasteiger partial charge in [-0.2, -0.15) is 0 Å². The first-order valence-electron chi connectivity index (χ1n) is 8.57. The van der Waals surface area contributed by atoms with Crippen LogP contribution in [0.5, 0.6) is 11.5 Å². The Hall–Kier alpha value is -3.53. The largest absolute Gasteiger partial charge is 0.497 e. The second kappa shape index (κ2) is 8.72. The van der Waals surface area contributed by atoms with Crippen molar-refractivity contribution in [3.63, 3.8) is 0 Å². The summed E-state index contributed by atoms with van der Waals surface area (Å²) in [5.74, 6) is 0.979. The highest BCUT2D eigenvalue weighted by Gasteiger charge is 2.15. The standard InChI is InChI=1S/C23H21NO3/c1-26-19-13-14-22(27-2)21(16-19)24-23(25)20(18-11-7-4-8-12-18)15-17-9-5-3-6-10-17/h3-16H,1-2H3,(H,24,25)/b20-15-. The fourth-order valence-corrected chi connectivity index (χ4v) is 2.72. The summed E-state index contributed by atoms with van der Waals surface area (Å²) >= 11 is 0. The van der Waals surface area contributed by atoms with Crippen LogP contribution in [0.15, 0.2) is 78.9 Å². The molecule has 0 bridgehead atoms. The fourth-order valence-electron chi connectivity index (χ4n) is 2.72. The Kier molecular flexibility index (Phi) is 5.90. The number of hydrogen-bond donors (Lipinski definition) is 1. The Morgan fingerprint density at radius 2 is 1.52 bits per heavy atom. The predicted octanol–water partition coefficient (Wildman–Crippen LogP) is 4.88. The van der Waals surface area contributed by atoms with Crippen LogP contribution in [-0.4, -0.2) is 20.1 Å². The van der Waals surface area contributed by atoms with E-state index in [0.717, 1.165) is 11.1 Å². The predicted molar refractivity (Wildman–Crippen MR) is 109 cm³/mol. The number of ether oxygens (including phenoxy) is 2. The van der Waals surface area contributed by atoms with Crippen LogP contribution in [0.1, 0.15) is 11.1 Å². The summed E-state index contributed by atoms with van der Waals surface area (Å²) in [6.07, 6.45) is 1.87. The van der Waals surface area contributed by atoms with Gasteiger partial charge < -0.3 is 14.8 Å². The zero-order valence-electron chi connectivity index (χ0n) is 15.3. The van der Waals surface area contributed by atoms with E-state index in [4.69, 9.17) is 9.47 Å². The van der Waals surface area contributed by atoms with E-state index in [1.165, 1.54) is 0 Å². The smallest absolute Gasteiger partial charge is 0.256 e. The van der Waals surface area contributed by atoms with Gasteiger partial charge in [-0.25, -0.2) is 0 Å². The SMILES string of the molecule is COc1ccc(OC)c(NC(=O)/C(=C\c2ccccc2)c2ccccc2)c1. The van der Waals surface area contributed by atoms with Gasteiger partial charge in [-0.15, -0.1) is 0 Å². The van der Waals surface area contributed by atoms with Crippen molar-refractivity contribution >= 4 is 23.2 Å². The third-order valence-corrected chi connectivity index (χ3v) is 4.09. The number of nitrogens with one attached hydrogen (secondary N) is 1. The van der Waals surface area contributed by atoms with E-state index in [1.54, 1.807) is 32.4 Å². The molecule has 0 spiro atoms. The quantitative estimate of drug-likeness (QED) is 0.504. The summed E-state index contributed by atoms with van der Waals surface area (Å²) < 4.78 is 10.6. The molecule has 0 aromatic heterocycles. The third kappa shape index (κ3) is 4.55. The van der Waals surface area contributed by atoms with Gasteiger partial charge in [-0.3, -0.25) is 4.79 Å². The number of rotatable bonds is 6. The van der Waals surface area contributed by atoms with E-state index in [0.29, 0.717) is 22.8 Å². The number of hydrogen-bond acceptors (Lipinski definition) is 3. The Balaban J connectivity index is 1.98. The van der Waals surface area contributed by atoms with Crippen molar-refractivity contribution in [3.8, 4) is 11.5 Å². The number of carbonyl (C=O) groups is 1. The lowest BCUT2D eigenvalue weighted by Gasteiger charge is -2.14. The van der Waals surface area contributed by atoms with Crippen molar-refractivity contribution < 1.29 is 14.3 Å². The molecular weight excluding hydrogens is 338 g/mol. The van der Waals surface area contributed by atoms with E-state index >= 15 is 0 Å². The highest BCUT2D eigenvalue weighted by molar-refractivity contribution is 6.29. The average Bonchev–Trinajstić information content (AvgIpc) is 2.73. The molecular formula is C23H21NO3. The zero-order valence-corrected chi connectivity index (χ0v) is 15.3. The van der Waals surface area contributed by atoms with Crippen LogP contribution in [0.2, 0.25) is 0 Å². The fraction of sp³-hybridized carbons (Fsp3) is 0.0870. The van der Waals surface area contributed by atoms with Gasteiger partial charge in [0.15, 0.2) is 0 Å². The van der Waals surface area contributed by atoms with Gasteiger partial charge in [0.05, 0.1) is 19.9 Å². The molecule has 136 valence electrons. The summed E-state index contributed by atoms with van der Waals surface area (Å²) in [6, 6.07) is 24.6. The van der Waals surface area contributed by atoms with Crippen molar-refractivity contribution in [1.82, 2.24) is 0 Å². The maximum atomic E-state index is 13.1. The second-order valence-corrected chi connectivity index (χ2v) is 5.86. The van der Waals surface area contributed by atoms with Crippen LogP contribution in [0.3, 0.4) is 0 Å². The molecule has 0 radical (unpaired) electrons. The van der Waals surface area contributed by atoms with Gasteiger partial charge in [0.2, 0.25) is 0 Å².